The molecule has 0 saturated heterocycles. The van der Waals surface area contributed by atoms with Crippen LogP contribution in [0.3, 0.4) is 0 Å². The summed E-state index contributed by atoms with van der Waals surface area (Å²) in [7, 11) is 0. The van der Waals surface area contributed by atoms with Crippen molar-refractivity contribution in [2.24, 2.45) is 0 Å². The molecule has 0 saturated carbocycles. The summed E-state index contributed by atoms with van der Waals surface area (Å²) in [5.74, 6) is -0.760. The van der Waals surface area contributed by atoms with Crippen molar-refractivity contribution in [1.82, 2.24) is 0 Å². The van der Waals surface area contributed by atoms with E-state index in [9.17, 15) is 9.59 Å². The third kappa shape index (κ3) is 4.16. The molecule has 1 N–H and O–H groups in total. The maximum absolute atomic E-state index is 11.5. The summed E-state index contributed by atoms with van der Waals surface area (Å²) in [5.41, 5.74) is 1.09. The van der Waals surface area contributed by atoms with Crippen LogP contribution in [0.2, 0.25) is 0 Å². The predicted molar refractivity (Wildman–Crippen MR) is 74.5 cm³/mol. The van der Waals surface area contributed by atoms with Gasteiger partial charge < -0.3 is 10.1 Å². The van der Waals surface area contributed by atoms with E-state index in [1.807, 2.05) is 22.6 Å². The fraction of sp³-hybridized carbons (Fsp3) is 0.273. The molecule has 1 aromatic rings. The van der Waals surface area contributed by atoms with Gasteiger partial charge in [-0.2, -0.15) is 0 Å². The van der Waals surface area contributed by atoms with E-state index >= 15 is 0 Å². The Labute approximate surface area is 118 Å². The van der Waals surface area contributed by atoms with Crippen LogP contribution in [0.15, 0.2) is 18.2 Å². The van der Waals surface area contributed by atoms with Gasteiger partial charge in [0.25, 0.3) is 0 Å². The molecule has 1 aromatic carbocycles. The first-order valence-corrected chi connectivity index (χ1v) is 6.52. The maximum atomic E-state index is 11.5. The molecule has 0 unspecified atom stereocenters. The third-order valence-electron chi connectivity index (χ3n) is 1.88. The maximum Gasteiger partial charge on any atom is 0.338 e. The molecule has 0 aliphatic heterocycles. The van der Waals surface area contributed by atoms with Crippen molar-refractivity contribution >= 4 is 51.8 Å². The average molecular weight is 368 g/mol. The zero-order chi connectivity index (χ0) is 12.8. The standard InChI is InChI=1S/C11H11ClINO3/c1-2-17-11(16)7-3-4-9(8(13)5-7)14-10(15)6-12/h3-5H,2,6H2,1H3,(H,14,15). The van der Waals surface area contributed by atoms with Crippen LogP contribution >= 0.6 is 34.2 Å². The van der Waals surface area contributed by atoms with Crippen LogP contribution in [0.25, 0.3) is 0 Å². The van der Waals surface area contributed by atoms with E-state index in [1.165, 1.54) is 0 Å². The van der Waals surface area contributed by atoms with E-state index in [0.29, 0.717) is 17.9 Å². The van der Waals surface area contributed by atoms with Gasteiger partial charge in [0, 0.05) is 3.57 Å². The summed E-state index contributed by atoms with van der Waals surface area (Å²) in [6, 6.07) is 4.91. The Morgan fingerprint density at radius 2 is 2.18 bits per heavy atom. The lowest BCUT2D eigenvalue weighted by atomic mass is 10.2. The van der Waals surface area contributed by atoms with E-state index in [2.05, 4.69) is 5.32 Å². The van der Waals surface area contributed by atoms with Crippen LogP contribution in [-0.4, -0.2) is 24.4 Å². The largest absolute Gasteiger partial charge is 0.462 e. The number of benzene rings is 1. The van der Waals surface area contributed by atoms with Gasteiger partial charge in [0.05, 0.1) is 17.9 Å². The number of rotatable bonds is 4. The number of ether oxygens (including phenoxy) is 1. The van der Waals surface area contributed by atoms with E-state index < -0.39 is 0 Å². The molecular weight excluding hydrogens is 356 g/mol. The fourth-order valence-corrected chi connectivity index (χ4v) is 1.86. The highest BCUT2D eigenvalue weighted by atomic mass is 127. The van der Waals surface area contributed by atoms with Crippen LogP contribution in [0, 0.1) is 3.57 Å². The minimum atomic E-state index is -0.374. The number of anilines is 1. The molecule has 0 heterocycles. The van der Waals surface area contributed by atoms with Gasteiger partial charge in [-0.3, -0.25) is 4.79 Å². The minimum Gasteiger partial charge on any atom is -0.462 e. The van der Waals surface area contributed by atoms with Crippen LogP contribution in [-0.2, 0) is 9.53 Å². The number of hydrogen-bond donors (Lipinski definition) is 1. The lowest BCUT2D eigenvalue weighted by Crippen LogP contribution is -2.14. The molecule has 0 fully saturated rings. The van der Waals surface area contributed by atoms with Crippen LogP contribution in [0.5, 0.6) is 0 Å². The molecule has 0 spiro atoms. The van der Waals surface area contributed by atoms with Crippen molar-refractivity contribution in [3.63, 3.8) is 0 Å². The van der Waals surface area contributed by atoms with E-state index in [-0.39, 0.29) is 17.8 Å². The molecule has 1 rings (SSSR count). The molecule has 4 nitrogen and oxygen atoms in total. The van der Waals surface area contributed by atoms with Gasteiger partial charge in [-0.05, 0) is 47.7 Å². The predicted octanol–water partition coefficient (Wildman–Crippen LogP) is 2.65. The molecule has 0 aliphatic carbocycles. The number of carbonyl (C=O) groups excluding carboxylic acids is 2. The molecule has 17 heavy (non-hydrogen) atoms. The molecule has 92 valence electrons. The van der Waals surface area contributed by atoms with Gasteiger partial charge in [0.2, 0.25) is 5.91 Å². The number of amides is 1. The zero-order valence-electron chi connectivity index (χ0n) is 9.13. The summed E-state index contributed by atoms with van der Waals surface area (Å²) >= 11 is 7.42. The lowest BCUT2D eigenvalue weighted by Gasteiger charge is -2.07. The molecule has 1 amide bonds. The van der Waals surface area contributed by atoms with Crippen molar-refractivity contribution in [3.05, 3.63) is 27.3 Å². The summed E-state index contributed by atoms with van der Waals surface area (Å²) in [6.45, 7) is 2.08. The average Bonchev–Trinajstić information content (AvgIpc) is 2.31. The van der Waals surface area contributed by atoms with E-state index in [4.69, 9.17) is 16.3 Å². The SMILES string of the molecule is CCOC(=O)c1ccc(NC(=O)CCl)c(I)c1. The second kappa shape index (κ2) is 6.80. The molecule has 0 aromatic heterocycles. The number of carbonyl (C=O) groups is 2. The Bertz CT molecular complexity index is 437. The molecule has 0 atom stereocenters. The first-order valence-electron chi connectivity index (χ1n) is 4.91. The van der Waals surface area contributed by atoms with Crippen molar-refractivity contribution in [3.8, 4) is 0 Å². The van der Waals surface area contributed by atoms with Gasteiger partial charge in [-0.1, -0.05) is 0 Å². The van der Waals surface area contributed by atoms with Crippen LogP contribution < -0.4 is 5.32 Å². The Morgan fingerprint density at radius 3 is 2.71 bits per heavy atom. The molecule has 0 radical (unpaired) electrons. The molecule has 0 aliphatic rings. The summed E-state index contributed by atoms with van der Waals surface area (Å²) in [4.78, 5) is 22.6. The van der Waals surface area contributed by atoms with Gasteiger partial charge in [-0.15, -0.1) is 11.6 Å². The van der Waals surface area contributed by atoms with E-state index in [0.717, 1.165) is 3.57 Å². The topological polar surface area (TPSA) is 55.4 Å². The molecule has 6 heteroatoms. The summed E-state index contributed by atoms with van der Waals surface area (Å²) < 4.78 is 5.63. The van der Waals surface area contributed by atoms with Gasteiger partial charge in [-0.25, -0.2) is 4.79 Å². The van der Waals surface area contributed by atoms with E-state index in [1.54, 1.807) is 25.1 Å². The highest BCUT2D eigenvalue weighted by molar-refractivity contribution is 14.1. The van der Waals surface area contributed by atoms with Gasteiger partial charge >= 0.3 is 5.97 Å². The number of halogens is 2. The highest BCUT2D eigenvalue weighted by Gasteiger charge is 2.10. The third-order valence-corrected chi connectivity index (χ3v) is 3.01. The van der Waals surface area contributed by atoms with Gasteiger partial charge in [0.1, 0.15) is 5.88 Å². The Morgan fingerprint density at radius 1 is 1.47 bits per heavy atom. The van der Waals surface area contributed by atoms with Crippen molar-refractivity contribution in [2.75, 3.05) is 17.8 Å². The number of nitrogens with one attached hydrogen (secondary N) is 1. The van der Waals surface area contributed by atoms with Crippen molar-refractivity contribution in [2.45, 2.75) is 6.92 Å². The number of hydrogen-bond acceptors (Lipinski definition) is 3. The minimum absolute atomic E-state index is 0.101. The first kappa shape index (κ1) is 14.2. The fourth-order valence-electron chi connectivity index (χ4n) is 1.14. The quantitative estimate of drug-likeness (QED) is 0.506. The summed E-state index contributed by atoms with van der Waals surface area (Å²) in [6.07, 6.45) is 0. The smallest absolute Gasteiger partial charge is 0.338 e. The highest BCUT2D eigenvalue weighted by Crippen LogP contribution is 2.20. The normalized spacial score (nSPS) is 9.82. The lowest BCUT2D eigenvalue weighted by molar-refractivity contribution is -0.113. The van der Waals surface area contributed by atoms with Crippen molar-refractivity contribution < 1.29 is 14.3 Å². The zero-order valence-corrected chi connectivity index (χ0v) is 12.0. The second-order valence-electron chi connectivity index (χ2n) is 3.10. The monoisotopic (exact) mass is 367 g/mol. The number of esters is 1. The molecular formula is C11H11ClINO3. The van der Waals surface area contributed by atoms with Gasteiger partial charge in [0.15, 0.2) is 0 Å². The first-order chi connectivity index (χ1) is 8.08. The second-order valence-corrected chi connectivity index (χ2v) is 4.53. The Hall–Kier alpha value is -0.820. The Kier molecular flexibility index (Phi) is 5.70. The number of alkyl halides is 1. The summed E-state index contributed by atoms with van der Waals surface area (Å²) in [5, 5.41) is 2.63. The van der Waals surface area contributed by atoms with Crippen LogP contribution in [0.4, 0.5) is 5.69 Å². The van der Waals surface area contributed by atoms with Crippen LogP contribution in [0.1, 0.15) is 17.3 Å². The Balaban J connectivity index is 2.86. The van der Waals surface area contributed by atoms with Crippen molar-refractivity contribution in [1.29, 1.82) is 0 Å². The molecule has 0 bridgehead atoms.